The van der Waals surface area contributed by atoms with Gasteiger partial charge in [-0.2, -0.15) is 0 Å². The number of amides is 2. The number of nitrogens with one attached hydrogen (secondary N) is 2. The van der Waals surface area contributed by atoms with Gasteiger partial charge in [-0.15, -0.1) is 0 Å². The average Bonchev–Trinajstić information content (AvgIpc) is 2.66. The van der Waals surface area contributed by atoms with Gasteiger partial charge < -0.3 is 20.5 Å². The normalized spacial score (nSPS) is 11.8. The van der Waals surface area contributed by atoms with Crippen LogP contribution in [0.3, 0.4) is 0 Å². The van der Waals surface area contributed by atoms with Crippen molar-refractivity contribution in [1.82, 2.24) is 5.32 Å². The van der Waals surface area contributed by atoms with Gasteiger partial charge >= 0.3 is 6.03 Å². The highest BCUT2D eigenvalue weighted by Crippen LogP contribution is 2.27. The molecule has 26 heavy (non-hydrogen) atoms. The van der Waals surface area contributed by atoms with E-state index in [4.69, 9.17) is 4.74 Å². The van der Waals surface area contributed by atoms with Gasteiger partial charge in [-0.05, 0) is 6.07 Å². The summed E-state index contributed by atoms with van der Waals surface area (Å²) in [6.07, 6.45) is -1.24. The molecular formula is C16H13F5N2O3. The van der Waals surface area contributed by atoms with Gasteiger partial charge in [0.05, 0.1) is 13.2 Å². The van der Waals surface area contributed by atoms with Crippen molar-refractivity contribution in [1.29, 1.82) is 0 Å². The third-order valence-corrected chi connectivity index (χ3v) is 3.40. The molecule has 2 aromatic carbocycles. The van der Waals surface area contributed by atoms with Crippen molar-refractivity contribution >= 4 is 11.7 Å². The number of urea groups is 1. The van der Waals surface area contributed by atoms with E-state index in [9.17, 15) is 31.9 Å². The monoisotopic (exact) mass is 376 g/mol. The zero-order valence-corrected chi connectivity index (χ0v) is 13.2. The first kappa shape index (κ1) is 19.4. The zero-order chi connectivity index (χ0) is 19.4. The molecule has 0 heterocycles. The van der Waals surface area contributed by atoms with Crippen molar-refractivity contribution < 1.29 is 36.6 Å². The number of rotatable bonds is 5. The number of halogens is 5. The summed E-state index contributed by atoms with van der Waals surface area (Å²) in [6, 6.07) is 5.07. The molecule has 0 unspecified atom stereocenters. The Morgan fingerprint density at radius 3 is 2.15 bits per heavy atom. The van der Waals surface area contributed by atoms with Crippen LogP contribution in [0, 0.1) is 29.1 Å². The molecule has 0 aromatic heterocycles. The maximum absolute atomic E-state index is 13.5. The van der Waals surface area contributed by atoms with Gasteiger partial charge in [0.15, 0.2) is 23.3 Å². The van der Waals surface area contributed by atoms with Gasteiger partial charge in [0.1, 0.15) is 11.4 Å². The van der Waals surface area contributed by atoms with Crippen LogP contribution in [0.2, 0.25) is 0 Å². The number of ether oxygens (including phenoxy) is 1. The molecule has 2 aromatic rings. The van der Waals surface area contributed by atoms with Crippen molar-refractivity contribution in [2.45, 2.75) is 6.10 Å². The van der Waals surface area contributed by atoms with Gasteiger partial charge in [-0.1, -0.05) is 18.2 Å². The third-order valence-electron chi connectivity index (χ3n) is 3.40. The van der Waals surface area contributed by atoms with Crippen LogP contribution in [0.15, 0.2) is 24.3 Å². The van der Waals surface area contributed by atoms with E-state index in [1.54, 1.807) is 18.2 Å². The zero-order valence-electron chi connectivity index (χ0n) is 13.2. The largest absolute Gasteiger partial charge is 0.496 e. The van der Waals surface area contributed by atoms with Gasteiger partial charge in [-0.25, -0.2) is 26.7 Å². The highest BCUT2D eigenvalue weighted by molar-refractivity contribution is 5.89. The second kappa shape index (κ2) is 8.00. The van der Waals surface area contributed by atoms with E-state index in [1.165, 1.54) is 18.5 Å². The SMILES string of the molecule is COc1ccccc1[C@H](O)CNC(=O)Nc1c(F)c(F)c(F)c(F)c1F. The van der Waals surface area contributed by atoms with Crippen LogP contribution in [0.4, 0.5) is 32.4 Å². The molecule has 0 aliphatic rings. The fraction of sp³-hybridized carbons (Fsp3) is 0.188. The molecule has 3 N–H and O–H groups in total. The summed E-state index contributed by atoms with van der Waals surface area (Å²) >= 11 is 0. The first-order valence-corrected chi connectivity index (χ1v) is 7.15. The van der Waals surface area contributed by atoms with Crippen LogP contribution >= 0.6 is 0 Å². The topological polar surface area (TPSA) is 70.6 Å². The molecule has 5 nitrogen and oxygen atoms in total. The summed E-state index contributed by atoms with van der Waals surface area (Å²) in [5, 5.41) is 13.6. The summed E-state index contributed by atoms with van der Waals surface area (Å²) in [5.74, 6) is -10.7. The number of hydrogen-bond donors (Lipinski definition) is 3. The number of carbonyl (C=O) groups excluding carboxylic acids is 1. The molecule has 1 atom stereocenters. The Morgan fingerprint density at radius 1 is 1.04 bits per heavy atom. The summed E-state index contributed by atoms with van der Waals surface area (Å²) in [4.78, 5) is 11.7. The lowest BCUT2D eigenvalue weighted by Crippen LogP contribution is -2.33. The van der Waals surface area contributed by atoms with Crippen LogP contribution in [0.5, 0.6) is 5.75 Å². The quantitative estimate of drug-likeness (QED) is 0.426. The van der Waals surface area contributed by atoms with Gasteiger partial charge in [0.2, 0.25) is 5.82 Å². The number of methoxy groups -OCH3 is 1. The van der Waals surface area contributed by atoms with Crippen LogP contribution < -0.4 is 15.4 Å². The van der Waals surface area contributed by atoms with E-state index in [0.29, 0.717) is 11.3 Å². The molecule has 0 aliphatic heterocycles. The molecule has 0 saturated heterocycles. The predicted molar refractivity (Wildman–Crippen MR) is 81.2 cm³/mol. The van der Waals surface area contributed by atoms with Crippen molar-refractivity contribution in [2.24, 2.45) is 0 Å². The van der Waals surface area contributed by atoms with E-state index < -0.39 is 53.5 Å². The lowest BCUT2D eigenvalue weighted by molar-refractivity contribution is 0.171. The van der Waals surface area contributed by atoms with E-state index in [-0.39, 0.29) is 0 Å². The van der Waals surface area contributed by atoms with Gasteiger partial charge in [-0.3, -0.25) is 0 Å². The maximum Gasteiger partial charge on any atom is 0.319 e. The van der Waals surface area contributed by atoms with E-state index >= 15 is 0 Å². The molecule has 0 radical (unpaired) electrons. The maximum atomic E-state index is 13.5. The fourth-order valence-electron chi connectivity index (χ4n) is 2.11. The fourth-order valence-corrected chi connectivity index (χ4v) is 2.11. The van der Waals surface area contributed by atoms with Crippen molar-refractivity contribution in [2.75, 3.05) is 19.0 Å². The molecule has 0 fully saturated rings. The highest BCUT2D eigenvalue weighted by Gasteiger charge is 2.27. The summed E-state index contributed by atoms with van der Waals surface area (Å²) < 4.78 is 71.1. The highest BCUT2D eigenvalue weighted by atomic mass is 19.2. The van der Waals surface area contributed by atoms with Crippen LogP contribution in [0.25, 0.3) is 0 Å². The average molecular weight is 376 g/mol. The number of aliphatic hydroxyl groups excluding tert-OH is 1. The second-order valence-corrected chi connectivity index (χ2v) is 5.04. The molecule has 2 amide bonds. The summed E-state index contributed by atoms with van der Waals surface area (Å²) in [5.41, 5.74) is -1.17. The summed E-state index contributed by atoms with van der Waals surface area (Å²) in [7, 11) is 1.37. The number of anilines is 1. The van der Waals surface area contributed by atoms with Crippen molar-refractivity contribution in [3.63, 3.8) is 0 Å². The molecule has 2 rings (SSSR count). The number of para-hydroxylation sites is 1. The van der Waals surface area contributed by atoms with Gasteiger partial charge in [0, 0.05) is 12.1 Å². The van der Waals surface area contributed by atoms with Crippen LogP contribution in [-0.4, -0.2) is 24.8 Å². The minimum atomic E-state index is -2.34. The minimum absolute atomic E-state index is 0.325. The van der Waals surface area contributed by atoms with Crippen LogP contribution in [-0.2, 0) is 0 Å². The van der Waals surface area contributed by atoms with E-state index in [0.717, 1.165) is 0 Å². The molecular weight excluding hydrogens is 363 g/mol. The molecule has 0 saturated carbocycles. The smallest absolute Gasteiger partial charge is 0.319 e. The molecule has 0 aliphatic carbocycles. The number of hydrogen-bond acceptors (Lipinski definition) is 3. The second-order valence-electron chi connectivity index (χ2n) is 5.04. The van der Waals surface area contributed by atoms with E-state index in [2.05, 4.69) is 5.32 Å². The summed E-state index contributed by atoms with van der Waals surface area (Å²) in [6.45, 7) is -0.415. The minimum Gasteiger partial charge on any atom is -0.496 e. The Kier molecular flexibility index (Phi) is 5.98. The van der Waals surface area contributed by atoms with E-state index in [1.807, 2.05) is 0 Å². The number of benzene rings is 2. The Labute approximate surface area is 144 Å². The van der Waals surface area contributed by atoms with Crippen LogP contribution in [0.1, 0.15) is 11.7 Å². The lowest BCUT2D eigenvalue weighted by atomic mass is 10.1. The molecule has 0 bridgehead atoms. The number of carbonyl (C=O) groups is 1. The Hall–Kier alpha value is -2.88. The third kappa shape index (κ3) is 3.85. The Balaban J connectivity index is 2.08. The Morgan fingerprint density at radius 2 is 1.58 bits per heavy atom. The predicted octanol–water partition coefficient (Wildman–Crippen LogP) is 3.25. The molecule has 140 valence electrons. The first-order chi connectivity index (χ1) is 12.3. The Bertz CT molecular complexity index is 803. The van der Waals surface area contributed by atoms with Gasteiger partial charge in [0.25, 0.3) is 0 Å². The standard InChI is InChI=1S/C16H13F5N2O3/c1-26-9-5-3-2-4-7(9)8(24)6-22-16(25)23-15-13(20)11(18)10(17)12(19)14(15)21/h2-5,8,24H,6H2,1H3,(H2,22,23,25)/t8-/m1/s1. The lowest BCUT2D eigenvalue weighted by Gasteiger charge is -2.16. The van der Waals surface area contributed by atoms with Crippen molar-refractivity contribution in [3.8, 4) is 5.75 Å². The molecule has 10 heteroatoms. The molecule has 0 spiro atoms. The number of aliphatic hydroxyl groups is 1. The van der Waals surface area contributed by atoms with Crippen molar-refractivity contribution in [3.05, 3.63) is 58.9 Å². The first-order valence-electron chi connectivity index (χ1n) is 7.15.